The van der Waals surface area contributed by atoms with E-state index in [-0.39, 0.29) is 5.92 Å². The second-order valence-corrected chi connectivity index (χ2v) is 12.2. The molecule has 0 atom stereocenters. The van der Waals surface area contributed by atoms with E-state index in [2.05, 4.69) is 6.92 Å². The van der Waals surface area contributed by atoms with Crippen LogP contribution in [0, 0.1) is 23.5 Å². The van der Waals surface area contributed by atoms with Crippen LogP contribution in [0.4, 0.5) is 13.2 Å². The van der Waals surface area contributed by atoms with Gasteiger partial charge in [-0.15, -0.1) is 0 Å². The molecule has 0 amide bonds. The van der Waals surface area contributed by atoms with E-state index in [0.29, 0.717) is 11.1 Å². The number of hydrogen-bond acceptors (Lipinski definition) is 0. The zero-order chi connectivity index (χ0) is 19.4. The van der Waals surface area contributed by atoms with E-state index < -0.39 is 31.8 Å². The second-order valence-electron chi connectivity index (χ2n) is 8.50. The summed E-state index contributed by atoms with van der Waals surface area (Å²) in [5, 5.41) is 0. The highest BCUT2D eigenvalue weighted by atomic mass is 35.5. The van der Waals surface area contributed by atoms with Crippen molar-refractivity contribution in [2.24, 2.45) is 11.8 Å². The van der Waals surface area contributed by atoms with Crippen LogP contribution in [0.2, 0.25) is 18.1 Å². The highest BCUT2D eigenvalue weighted by Gasteiger charge is 2.32. The predicted molar refractivity (Wildman–Crippen MR) is 111 cm³/mol. The minimum atomic E-state index is -1.07. The van der Waals surface area contributed by atoms with Crippen molar-refractivity contribution in [2.45, 2.75) is 75.9 Å². The molecule has 2 fully saturated rings. The van der Waals surface area contributed by atoms with Gasteiger partial charge in [0.15, 0.2) is 0 Å². The maximum atomic E-state index is 14.2. The fourth-order valence-corrected chi connectivity index (χ4v) is 8.98. The summed E-state index contributed by atoms with van der Waals surface area (Å²) in [6.07, 6.45) is 8.42. The Morgan fingerprint density at radius 2 is 1.59 bits per heavy atom. The molecule has 0 bridgehead atoms. The molecule has 0 nitrogen and oxygen atoms in total. The Labute approximate surface area is 167 Å². The Kier molecular flexibility index (Phi) is 7.49. The lowest BCUT2D eigenvalue weighted by Gasteiger charge is -2.37. The van der Waals surface area contributed by atoms with Gasteiger partial charge in [0.05, 0.1) is 5.56 Å². The van der Waals surface area contributed by atoms with Gasteiger partial charge < -0.3 is 0 Å². The highest BCUT2D eigenvalue weighted by molar-refractivity contribution is 6.58. The van der Waals surface area contributed by atoms with Crippen LogP contribution in [0.3, 0.4) is 0 Å². The Morgan fingerprint density at radius 3 is 2.11 bits per heavy atom. The van der Waals surface area contributed by atoms with Gasteiger partial charge in [-0.05, 0) is 61.1 Å². The summed E-state index contributed by atoms with van der Waals surface area (Å²) in [5.74, 6) is -0.965. The van der Waals surface area contributed by atoms with Crippen LogP contribution in [-0.4, -0.2) is 8.80 Å². The standard InChI is InChI=1S/C22H30ClF3Si/c1-2-9-27-10-7-17(8-11-27)15-3-5-16(6-4-15)18-12-19(24)22(20(25)13-18)21(26)14-23/h12-17,27H,2-11H2,1H3/t15?,16?,17-,27-. The van der Waals surface area contributed by atoms with Crippen molar-refractivity contribution >= 4 is 26.2 Å². The van der Waals surface area contributed by atoms with Crippen molar-refractivity contribution < 1.29 is 13.2 Å². The lowest BCUT2D eigenvalue weighted by molar-refractivity contribution is 0.216. The van der Waals surface area contributed by atoms with Crippen molar-refractivity contribution in [3.05, 3.63) is 40.4 Å². The zero-order valence-electron chi connectivity index (χ0n) is 16.1. The maximum Gasteiger partial charge on any atom is 0.147 e. The van der Waals surface area contributed by atoms with Crippen molar-refractivity contribution in [1.29, 1.82) is 0 Å². The van der Waals surface area contributed by atoms with Crippen molar-refractivity contribution in [3.63, 3.8) is 0 Å². The fraction of sp³-hybridized carbons (Fsp3) is 0.636. The molecule has 1 aromatic carbocycles. The van der Waals surface area contributed by atoms with Crippen LogP contribution in [0.1, 0.15) is 68.9 Å². The first kappa shape index (κ1) is 21.0. The van der Waals surface area contributed by atoms with Gasteiger partial charge in [0.2, 0.25) is 0 Å². The molecule has 2 aliphatic rings. The minimum Gasteiger partial charge on any atom is -0.206 e. The summed E-state index contributed by atoms with van der Waals surface area (Å²) in [5.41, 5.74) is 0.578. The molecule has 0 N–H and O–H groups in total. The van der Waals surface area contributed by atoms with E-state index in [4.69, 9.17) is 11.6 Å². The molecule has 1 heterocycles. The molecule has 5 heteroatoms. The number of halogens is 4. The molecule has 1 saturated carbocycles. The molecule has 0 unspecified atom stereocenters. The molecule has 0 aromatic heterocycles. The molecular formula is C22H30ClF3Si. The van der Waals surface area contributed by atoms with Crippen molar-refractivity contribution in [1.82, 2.24) is 0 Å². The molecule has 27 heavy (non-hydrogen) atoms. The van der Waals surface area contributed by atoms with Gasteiger partial charge in [0, 0.05) is 14.3 Å². The SMILES string of the molecule is CCC[Si@H]1CC[C@H](C2CCC(c3cc(F)c(C(F)=CCl)c(F)c3)CC2)CC1. The summed E-state index contributed by atoms with van der Waals surface area (Å²) >= 11 is 5.27. The van der Waals surface area contributed by atoms with Gasteiger partial charge >= 0.3 is 0 Å². The van der Waals surface area contributed by atoms with Gasteiger partial charge in [-0.25, -0.2) is 13.2 Å². The lowest BCUT2D eigenvalue weighted by Crippen LogP contribution is -2.28. The monoisotopic (exact) mass is 414 g/mol. The van der Waals surface area contributed by atoms with E-state index in [9.17, 15) is 13.2 Å². The first-order valence-electron chi connectivity index (χ1n) is 10.5. The molecule has 1 saturated heterocycles. The first-order chi connectivity index (χ1) is 13.0. The Hall–Kier alpha value is -0.743. The van der Waals surface area contributed by atoms with Crippen LogP contribution >= 0.6 is 11.6 Å². The average molecular weight is 415 g/mol. The van der Waals surface area contributed by atoms with Crippen molar-refractivity contribution in [2.75, 3.05) is 0 Å². The minimum absolute atomic E-state index is 0.174. The number of rotatable bonds is 5. The van der Waals surface area contributed by atoms with Crippen LogP contribution in [0.25, 0.3) is 5.83 Å². The Morgan fingerprint density at radius 1 is 1.04 bits per heavy atom. The normalized spacial score (nSPS) is 29.7. The average Bonchev–Trinajstić information content (AvgIpc) is 2.68. The van der Waals surface area contributed by atoms with E-state index in [1.807, 2.05) is 0 Å². The summed E-state index contributed by atoms with van der Waals surface area (Å²) in [6.45, 7) is 2.30. The third-order valence-electron chi connectivity index (χ3n) is 6.90. The Balaban J connectivity index is 1.58. The van der Waals surface area contributed by atoms with Crippen LogP contribution < -0.4 is 0 Å². The van der Waals surface area contributed by atoms with E-state index >= 15 is 0 Å². The van der Waals surface area contributed by atoms with Crippen LogP contribution in [0.5, 0.6) is 0 Å². The van der Waals surface area contributed by atoms with Crippen LogP contribution in [0.15, 0.2) is 17.7 Å². The van der Waals surface area contributed by atoms with Gasteiger partial charge in [-0.2, -0.15) is 0 Å². The largest absolute Gasteiger partial charge is 0.206 e. The van der Waals surface area contributed by atoms with E-state index in [0.717, 1.165) is 37.5 Å². The summed E-state index contributed by atoms with van der Waals surface area (Å²) < 4.78 is 41.9. The molecule has 1 aliphatic carbocycles. The molecule has 3 rings (SSSR count). The van der Waals surface area contributed by atoms with Gasteiger partial charge in [0.1, 0.15) is 17.5 Å². The summed E-state index contributed by atoms with van der Waals surface area (Å²) in [4.78, 5) is 0. The predicted octanol–water partition coefficient (Wildman–Crippen LogP) is 7.79. The molecule has 150 valence electrons. The van der Waals surface area contributed by atoms with Gasteiger partial charge in [-0.3, -0.25) is 0 Å². The van der Waals surface area contributed by atoms with E-state index in [1.54, 1.807) is 0 Å². The summed E-state index contributed by atoms with van der Waals surface area (Å²) in [7, 11) is -0.436. The maximum absolute atomic E-state index is 14.2. The molecule has 1 aliphatic heterocycles. The smallest absolute Gasteiger partial charge is 0.147 e. The first-order valence-corrected chi connectivity index (χ1v) is 13.4. The third-order valence-corrected chi connectivity index (χ3v) is 10.8. The van der Waals surface area contributed by atoms with Gasteiger partial charge in [-0.1, -0.05) is 55.9 Å². The second kappa shape index (κ2) is 9.64. The topological polar surface area (TPSA) is 0 Å². The highest BCUT2D eigenvalue weighted by Crippen LogP contribution is 2.44. The molecular weight excluding hydrogens is 385 g/mol. The third kappa shape index (κ3) is 5.00. The van der Waals surface area contributed by atoms with Gasteiger partial charge in [0.25, 0.3) is 0 Å². The Bertz CT molecular complexity index is 637. The number of hydrogen-bond donors (Lipinski definition) is 0. The zero-order valence-corrected chi connectivity index (χ0v) is 18.0. The van der Waals surface area contributed by atoms with Crippen LogP contribution in [-0.2, 0) is 0 Å². The fourth-order valence-electron chi connectivity index (χ4n) is 5.39. The van der Waals surface area contributed by atoms with E-state index in [1.165, 1.54) is 49.5 Å². The number of benzene rings is 1. The quantitative estimate of drug-likeness (QED) is 0.431. The van der Waals surface area contributed by atoms with Crippen molar-refractivity contribution in [3.8, 4) is 0 Å². The molecule has 0 spiro atoms. The lowest BCUT2D eigenvalue weighted by atomic mass is 9.72. The summed E-state index contributed by atoms with van der Waals surface area (Å²) in [6, 6.07) is 7.12. The molecule has 1 aromatic rings. The molecule has 0 radical (unpaired) electrons.